The van der Waals surface area contributed by atoms with Gasteiger partial charge in [-0.3, -0.25) is 0 Å². The fourth-order valence-corrected chi connectivity index (χ4v) is 2.20. The van der Waals surface area contributed by atoms with Gasteiger partial charge in [-0.05, 0) is 18.4 Å². The third-order valence-electron chi connectivity index (χ3n) is 3.44. The number of rotatable bonds is 7. The van der Waals surface area contributed by atoms with Gasteiger partial charge in [0.25, 0.3) is 0 Å². The Bertz CT molecular complexity index is 366. The van der Waals surface area contributed by atoms with E-state index in [9.17, 15) is 13.9 Å². The molecule has 0 fully saturated rings. The summed E-state index contributed by atoms with van der Waals surface area (Å²) in [6.45, 7) is 4.18. The highest BCUT2D eigenvalue weighted by atomic mass is 19.2. The molecule has 1 aromatic rings. The van der Waals surface area contributed by atoms with Crippen molar-refractivity contribution in [3.05, 3.63) is 35.4 Å². The van der Waals surface area contributed by atoms with E-state index in [1.54, 1.807) is 0 Å². The Hall–Kier alpha value is -0.960. The fraction of sp³-hybridized carbons (Fsp3) is 0.600. The second-order valence-corrected chi connectivity index (χ2v) is 4.81. The Morgan fingerprint density at radius 1 is 1.22 bits per heavy atom. The molecule has 1 nitrogen and oxygen atoms in total. The van der Waals surface area contributed by atoms with Crippen LogP contribution in [0.15, 0.2) is 18.2 Å². The molecule has 0 saturated heterocycles. The standard InChI is InChI=1S/C15H22F2O/c1-3-5-7-11(4-2)10-14(18)12-8-6-9-13(16)15(12)17/h6,8-9,11,14,18H,3-5,7,10H2,1-2H3. The summed E-state index contributed by atoms with van der Waals surface area (Å²) in [5.41, 5.74) is 0.0740. The molecule has 0 heterocycles. The average Bonchev–Trinajstić information content (AvgIpc) is 2.37. The van der Waals surface area contributed by atoms with E-state index in [1.807, 2.05) is 0 Å². The minimum Gasteiger partial charge on any atom is -0.388 e. The van der Waals surface area contributed by atoms with Crippen LogP contribution in [-0.2, 0) is 0 Å². The maximum absolute atomic E-state index is 13.5. The van der Waals surface area contributed by atoms with Crippen molar-refractivity contribution in [3.63, 3.8) is 0 Å². The van der Waals surface area contributed by atoms with Crippen molar-refractivity contribution in [3.8, 4) is 0 Å². The number of hydrogen-bond acceptors (Lipinski definition) is 1. The van der Waals surface area contributed by atoms with Crippen LogP contribution < -0.4 is 0 Å². The Morgan fingerprint density at radius 2 is 1.94 bits per heavy atom. The number of unbranched alkanes of at least 4 members (excludes halogenated alkanes) is 1. The van der Waals surface area contributed by atoms with E-state index in [4.69, 9.17) is 0 Å². The summed E-state index contributed by atoms with van der Waals surface area (Å²) in [5, 5.41) is 10.0. The molecular weight excluding hydrogens is 234 g/mol. The first-order valence-corrected chi connectivity index (χ1v) is 6.72. The van der Waals surface area contributed by atoms with Crippen molar-refractivity contribution in [2.45, 2.75) is 52.1 Å². The highest BCUT2D eigenvalue weighted by molar-refractivity contribution is 5.21. The van der Waals surface area contributed by atoms with E-state index < -0.39 is 17.7 Å². The van der Waals surface area contributed by atoms with E-state index >= 15 is 0 Å². The first kappa shape index (κ1) is 15.1. The monoisotopic (exact) mass is 256 g/mol. The highest BCUT2D eigenvalue weighted by Gasteiger charge is 2.19. The van der Waals surface area contributed by atoms with Gasteiger partial charge in [0.15, 0.2) is 11.6 Å². The van der Waals surface area contributed by atoms with E-state index in [2.05, 4.69) is 13.8 Å². The van der Waals surface area contributed by atoms with Crippen LogP contribution in [0.2, 0.25) is 0 Å². The number of aliphatic hydroxyl groups is 1. The lowest BCUT2D eigenvalue weighted by molar-refractivity contribution is 0.134. The molecule has 0 aromatic heterocycles. The second kappa shape index (κ2) is 7.47. The van der Waals surface area contributed by atoms with Gasteiger partial charge in [0.2, 0.25) is 0 Å². The quantitative estimate of drug-likeness (QED) is 0.755. The van der Waals surface area contributed by atoms with Crippen molar-refractivity contribution < 1.29 is 13.9 Å². The molecule has 0 saturated carbocycles. The summed E-state index contributed by atoms with van der Waals surface area (Å²) in [5.74, 6) is -1.45. The van der Waals surface area contributed by atoms with Crippen LogP contribution in [-0.4, -0.2) is 5.11 Å². The molecule has 0 spiro atoms. The van der Waals surface area contributed by atoms with Gasteiger partial charge in [-0.1, -0.05) is 51.7 Å². The van der Waals surface area contributed by atoms with Crippen LogP contribution >= 0.6 is 0 Å². The predicted molar refractivity (Wildman–Crippen MR) is 69.2 cm³/mol. The molecular formula is C15H22F2O. The lowest BCUT2D eigenvalue weighted by Crippen LogP contribution is -2.09. The van der Waals surface area contributed by atoms with Gasteiger partial charge in [-0.2, -0.15) is 0 Å². The Balaban J connectivity index is 2.68. The maximum Gasteiger partial charge on any atom is 0.164 e. The fourth-order valence-electron chi connectivity index (χ4n) is 2.20. The number of halogens is 2. The topological polar surface area (TPSA) is 20.2 Å². The summed E-state index contributed by atoms with van der Waals surface area (Å²) in [6, 6.07) is 3.96. The Morgan fingerprint density at radius 3 is 2.56 bits per heavy atom. The Labute approximate surface area is 108 Å². The minimum absolute atomic E-state index is 0.0740. The first-order valence-electron chi connectivity index (χ1n) is 6.72. The predicted octanol–water partition coefficient (Wildman–Crippen LogP) is 4.60. The molecule has 0 radical (unpaired) electrons. The van der Waals surface area contributed by atoms with Gasteiger partial charge in [0.1, 0.15) is 0 Å². The molecule has 1 aromatic carbocycles. The van der Waals surface area contributed by atoms with Gasteiger partial charge in [0, 0.05) is 5.56 Å². The second-order valence-electron chi connectivity index (χ2n) is 4.81. The van der Waals surface area contributed by atoms with Crippen LogP contribution in [0.5, 0.6) is 0 Å². The number of hydrogen-bond donors (Lipinski definition) is 1. The van der Waals surface area contributed by atoms with Gasteiger partial charge in [0.05, 0.1) is 6.10 Å². The van der Waals surface area contributed by atoms with Crippen molar-refractivity contribution in [1.82, 2.24) is 0 Å². The molecule has 1 N–H and O–H groups in total. The third-order valence-corrected chi connectivity index (χ3v) is 3.44. The SMILES string of the molecule is CCCCC(CC)CC(O)c1cccc(F)c1F. The molecule has 18 heavy (non-hydrogen) atoms. The summed E-state index contributed by atoms with van der Waals surface area (Å²) in [4.78, 5) is 0. The van der Waals surface area contributed by atoms with E-state index in [0.717, 1.165) is 31.7 Å². The number of aliphatic hydroxyl groups excluding tert-OH is 1. The lowest BCUT2D eigenvalue weighted by atomic mass is 9.90. The molecule has 0 bridgehead atoms. The van der Waals surface area contributed by atoms with E-state index in [0.29, 0.717) is 12.3 Å². The largest absolute Gasteiger partial charge is 0.388 e. The van der Waals surface area contributed by atoms with Gasteiger partial charge in [-0.25, -0.2) is 8.78 Å². The van der Waals surface area contributed by atoms with Crippen molar-refractivity contribution in [2.24, 2.45) is 5.92 Å². The molecule has 0 aliphatic carbocycles. The molecule has 102 valence electrons. The van der Waals surface area contributed by atoms with Gasteiger partial charge >= 0.3 is 0 Å². The normalized spacial score (nSPS) is 14.5. The third kappa shape index (κ3) is 4.05. The van der Waals surface area contributed by atoms with Gasteiger partial charge in [-0.15, -0.1) is 0 Å². The zero-order valence-corrected chi connectivity index (χ0v) is 11.1. The van der Waals surface area contributed by atoms with Crippen molar-refractivity contribution in [1.29, 1.82) is 0 Å². The zero-order valence-electron chi connectivity index (χ0n) is 11.1. The summed E-state index contributed by atoms with van der Waals surface area (Å²) in [7, 11) is 0. The van der Waals surface area contributed by atoms with Crippen LogP contribution in [0.25, 0.3) is 0 Å². The Kier molecular flexibility index (Phi) is 6.27. The van der Waals surface area contributed by atoms with E-state index in [-0.39, 0.29) is 5.56 Å². The smallest absolute Gasteiger partial charge is 0.164 e. The van der Waals surface area contributed by atoms with E-state index in [1.165, 1.54) is 12.1 Å². The van der Waals surface area contributed by atoms with Crippen molar-refractivity contribution >= 4 is 0 Å². The van der Waals surface area contributed by atoms with Crippen LogP contribution in [0.4, 0.5) is 8.78 Å². The van der Waals surface area contributed by atoms with Crippen LogP contribution in [0.3, 0.4) is 0 Å². The van der Waals surface area contributed by atoms with Crippen LogP contribution in [0, 0.1) is 17.6 Å². The molecule has 2 unspecified atom stereocenters. The first-order chi connectivity index (χ1) is 8.60. The molecule has 3 heteroatoms. The molecule has 1 rings (SSSR count). The lowest BCUT2D eigenvalue weighted by Gasteiger charge is -2.19. The maximum atomic E-state index is 13.5. The highest BCUT2D eigenvalue weighted by Crippen LogP contribution is 2.28. The zero-order chi connectivity index (χ0) is 13.5. The summed E-state index contributed by atoms with van der Waals surface area (Å²) in [6.07, 6.45) is 3.78. The summed E-state index contributed by atoms with van der Waals surface area (Å²) < 4.78 is 26.6. The average molecular weight is 256 g/mol. The molecule has 0 aliphatic heterocycles. The molecule has 2 atom stereocenters. The van der Waals surface area contributed by atoms with Gasteiger partial charge < -0.3 is 5.11 Å². The minimum atomic E-state index is -0.921. The molecule has 0 amide bonds. The summed E-state index contributed by atoms with van der Waals surface area (Å²) >= 11 is 0. The molecule has 0 aliphatic rings. The number of benzene rings is 1. The van der Waals surface area contributed by atoms with Crippen molar-refractivity contribution in [2.75, 3.05) is 0 Å². The van der Waals surface area contributed by atoms with Crippen LogP contribution in [0.1, 0.15) is 57.6 Å².